The third-order valence-corrected chi connectivity index (χ3v) is 6.28. The van der Waals surface area contributed by atoms with Gasteiger partial charge in [-0.2, -0.15) is 5.10 Å². The number of fused-ring (bicyclic) bond motifs is 1. The van der Waals surface area contributed by atoms with E-state index in [1.807, 2.05) is 17.0 Å². The van der Waals surface area contributed by atoms with E-state index in [1.54, 1.807) is 0 Å². The van der Waals surface area contributed by atoms with Gasteiger partial charge < -0.3 is 10.2 Å². The van der Waals surface area contributed by atoms with Crippen LogP contribution in [-0.4, -0.2) is 39.6 Å². The molecule has 2 unspecified atom stereocenters. The minimum atomic E-state index is -0.162. The number of carbonyl (C=O) groups excluding carboxylic acids is 1. The third-order valence-electron chi connectivity index (χ3n) is 6.28. The number of nitrogens with zero attached hydrogens (tertiary/aromatic N) is 2. The molecule has 1 aromatic carbocycles. The first kappa shape index (κ1) is 17.8. The van der Waals surface area contributed by atoms with Gasteiger partial charge in [0.05, 0.1) is 11.2 Å². The molecule has 29 heavy (non-hydrogen) atoms. The molecule has 5 nitrogen and oxygen atoms in total. The largest absolute Gasteiger partial charge is 0.343 e. The van der Waals surface area contributed by atoms with Gasteiger partial charge in [0.2, 0.25) is 0 Å². The highest BCUT2D eigenvalue weighted by atomic mass is 16.2. The second-order valence-corrected chi connectivity index (χ2v) is 8.27. The summed E-state index contributed by atoms with van der Waals surface area (Å²) in [6, 6.07) is 15.0. The van der Waals surface area contributed by atoms with Gasteiger partial charge in [-0.1, -0.05) is 48.9 Å². The van der Waals surface area contributed by atoms with Gasteiger partial charge >= 0.3 is 0 Å². The summed E-state index contributed by atoms with van der Waals surface area (Å²) in [4.78, 5) is 14.7. The molecule has 5 heteroatoms. The maximum absolute atomic E-state index is 12.8. The number of nitrogens with one attached hydrogen (secondary N) is 2. The SMILES string of the molecule is C#CN1CC2CC2(NC(=O)c2cc(C3=CCCC=C3Cc3ccccc3)[nH]n2)C1. The van der Waals surface area contributed by atoms with Crippen LogP contribution < -0.4 is 5.32 Å². The number of allylic oxidation sites excluding steroid dienone is 4. The van der Waals surface area contributed by atoms with Crippen LogP contribution in [0.15, 0.2) is 54.1 Å². The fraction of sp³-hybridized carbons (Fsp3) is 0.333. The van der Waals surface area contributed by atoms with E-state index in [1.165, 1.54) is 11.1 Å². The summed E-state index contributed by atoms with van der Waals surface area (Å²) in [7, 11) is 0. The van der Waals surface area contributed by atoms with Crippen molar-refractivity contribution in [3.63, 3.8) is 0 Å². The van der Waals surface area contributed by atoms with Crippen LogP contribution in [0.3, 0.4) is 0 Å². The standard InChI is InChI=1S/C24H24N4O/c1-2-28-15-19-14-24(19,16-28)25-23(29)22-13-21(26-27-22)20-11-7-6-10-18(20)12-17-8-4-3-5-9-17/h1,3-5,8-11,13,19H,6-7,12,14-16H2,(H,25,29)(H,26,27). The average molecular weight is 384 g/mol. The summed E-state index contributed by atoms with van der Waals surface area (Å²) in [6.07, 6.45) is 14.0. The number of H-pyrrole nitrogens is 1. The molecule has 0 radical (unpaired) electrons. The zero-order valence-corrected chi connectivity index (χ0v) is 16.3. The van der Waals surface area contributed by atoms with Crippen molar-refractivity contribution in [2.75, 3.05) is 13.1 Å². The van der Waals surface area contributed by atoms with E-state index in [4.69, 9.17) is 6.42 Å². The summed E-state index contributed by atoms with van der Waals surface area (Å²) < 4.78 is 0. The first-order chi connectivity index (χ1) is 14.2. The molecule has 146 valence electrons. The van der Waals surface area contributed by atoms with E-state index in [-0.39, 0.29) is 11.4 Å². The Morgan fingerprint density at radius 3 is 2.93 bits per heavy atom. The molecule has 2 N–H and O–H groups in total. The molecule has 2 heterocycles. The van der Waals surface area contributed by atoms with Crippen LogP contribution in [0.1, 0.15) is 41.0 Å². The molecule has 0 bridgehead atoms. The number of rotatable bonds is 5. The Balaban J connectivity index is 1.30. The lowest BCUT2D eigenvalue weighted by molar-refractivity contribution is 0.0924. The van der Waals surface area contributed by atoms with E-state index < -0.39 is 0 Å². The normalized spacial score (nSPS) is 24.9. The van der Waals surface area contributed by atoms with Crippen LogP contribution in [0.5, 0.6) is 0 Å². The number of carbonyl (C=O) groups is 1. The minimum absolute atomic E-state index is 0.126. The summed E-state index contributed by atoms with van der Waals surface area (Å²) in [5.74, 6) is 0.334. The minimum Gasteiger partial charge on any atom is -0.343 e. The van der Waals surface area contributed by atoms with Gasteiger partial charge in [0, 0.05) is 25.1 Å². The lowest BCUT2D eigenvalue weighted by atomic mass is 9.90. The van der Waals surface area contributed by atoms with Crippen LogP contribution in [-0.2, 0) is 6.42 Å². The van der Waals surface area contributed by atoms with Crippen LogP contribution in [0.25, 0.3) is 5.57 Å². The number of likely N-dealkylation sites (tertiary alicyclic amines) is 1. The van der Waals surface area contributed by atoms with Crippen LogP contribution in [0.4, 0.5) is 0 Å². The van der Waals surface area contributed by atoms with E-state index in [0.29, 0.717) is 11.6 Å². The Morgan fingerprint density at radius 1 is 1.31 bits per heavy atom. The van der Waals surface area contributed by atoms with Crippen LogP contribution in [0, 0.1) is 18.4 Å². The molecular weight excluding hydrogens is 360 g/mol. The number of amides is 1. The third kappa shape index (κ3) is 3.36. The van der Waals surface area contributed by atoms with E-state index >= 15 is 0 Å². The maximum Gasteiger partial charge on any atom is 0.272 e. The van der Waals surface area contributed by atoms with Crippen LogP contribution >= 0.6 is 0 Å². The van der Waals surface area contributed by atoms with Crippen molar-refractivity contribution in [2.45, 2.75) is 31.2 Å². The van der Waals surface area contributed by atoms with Crippen LogP contribution in [0.2, 0.25) is 0 Å². The molecule has 1 amide bonds. The molecule has 0 spiro atoms. The number of hydrogen-bond donors (Lipinski definition) is 2. The highest BCUT2D eigenvalue weighted by molar-refractivity contribution is 5.94. The molecule has 2 atom stereocenters. The highest BCUT2D eigenvalue weighted by Gasteiger charge is 2.60. The topological polar surface area (TPSA) is 61.0 Å². The first-order valence-electron chi connectivity index (χ1n) is 10.2. The fourth-order valence-corrected chi connectivity index (χ4v) is 4.63. The van der Waals surface area contributed by atoms with Gasteiger partial charge in [-0.25, -0.2) is 0 Å². The quantitative estimate of drug-likeness (QED) is 0.779. The second kappa shape index (κ2) is 6.97. The number of aromatic nitrogens is 2. The molecule has 2 aliphatic carbocycles. The molecular formula is C24H24N4O. The van der Waals surface area contributed by atoms with Crippen molar-refractivity contribution in [3.05, 3.63) is 71.1 Å². The summed E-state index contributed by atoms with van der Waals surface area (Å²) in [5, 5.41) is 10.6. The predicted molar refractivity (Wildman–Crippen MR) is 113 cm³/mol. The van der Waals surface area contributed by atoms with Gasteiger partial charge in [-0.3, -0.25) is 9.89 Å². The molecule has 1 saturated heterocycles. The Kier molecular flexibility index (Phi) is 4.28. The first-order valence-corrected chi connectivity index (χ1v) is 10.2. The molecule has 1 aromatic heterocycles. The number of terminal acetylenes is 1. The molecule has 2 aromatic rings. The number of benzene rings is 1. The average Bonchev–Trinajstić information content (AvgIpc) is 3.10. The maximum atomic E-state index is 12.8. The fourth-order valence-electron chi connectivity index (χ4n) is 4.63. The smallest absolute Gasteiger partial charge is 0.272 e. The number of hydrogen-bond acceptors (Lipinski definition) is 3. The summed E-state index contributed by atoms with van der Waals surface area (Å²) >= 11 is 0. The van der Waals surface area contributed by atoms with Crippen molar-refractivity contribution < 1.29 is 4.79 Å². The predicted octanol–water partition coefficient (Wildman–Crippen LogP) is 3.15. The Morgan fingerprint density at radius 2 is 2.14 bits per heavy atom. The monoisotopic (exact) mass is 384 g/mol. The molecule has 5 rings (SSSR count). The van der Waals surface area contributed by atoms with E-state index in [2.05, 4.69) is 58.0 Å². The highest BCUT2D eigenvalue weighted by Crippen LogP contribution is 2.49. The van der Waals surface area contributed by atoms with Crippen molar-refractivity contribution in [2.24, 2.45) is 5.92 Å². The zero-order valence-electron chi connectivity index (χ0n) is 16.3. The van der Waals surface area contributed by atoms with Crippen molar-refractivity contribution in [1.82, 2.24) is 20.4 Å². The molecule has 1 aliphatic heterocycles. The van der Waals surface area contributed by atoms with Gasteiger partial charge in [0.25, 0.3) is 5.91 Å². The summed E-state index contributed by atoms with van der Waals surface area (Å²) in [6.45, 7) is 1.59. The van der Waals surface area contributed by atoms with Gasteiger partial charge in [0.1, 0.15) is 0 Å². The molecule has 3 aliphatic rings. The lowest BCUT2D eigenvalue weighted by Crippen LogP contribution is -2.41. The van der Waals surface area contributed by atoms with Crippen molar-refractivity contribution in [1.29, 1.82) is 0 Å². The Hall–Kier alpha value is -3.26. The van der Waals surface area contributed by atoms with E-state index in [0.717, 1.165) is 50.0 Å². The van der Waals surface area contributed by atoms with Crippen molar-refractivity contribution >= 4 is 11.5 Å². The number of piperidine rings is 1. The van der Waals surface area contributed by atoms with Gasteiger partial charge in [0.15, 0.2) is 5.69 Å². The molecule has 1 saturated carbocycles. The van der Waals surface area contributed by atoms with Gasteiger partial charge in [-0.15, -0.1) is 0 Å². The summed E-state index contributed by atoms with van der Waals surface area (Å²) in [5.41, 5.74) is 4.88. The Bertz CT molecular complexity index is 1040. The lowest BCUT2D eigenvalue weighted by Gasteiger charge is -2.17. The zero-order chi connectivity index (χ0) is 19.8. The second-order valence-electron chi connectivity index (χ2n) is 8.27. The molecule has 2 fully saturated rings. The van der Waals surface area contributed by atoms with Crippen molar-refractivity contribution in [3.8, 4) is 12.5 Å². The van der Waals surface area contributed by atoms with E-state index in [9.17, 15) is 4.79 Å². The van der Waals surface area contributed by atoms with Gasteiger partial charge in [-0.05, 0) is 48.5 Å². The Labute approximate surface area is 170 Å². The number of aromatic amines is 1.